The zero-order valence-electron chi connectivity index (χ0n) is 19.6. The molecular weight excluding hydrogens is 364 g/mol. The van der Waals surface area contributed by atoms with E-state index in [-0.39, 0.29) is 29.7 Å². The number of carbonyl (C=O) groups excluding carboxylic acids is 2. The molecule has 0 atom stereocenters. The van der Waals surface area contributed by atoms with Crippen LogP contribution >= 0.6 is 0 Å². The average Bonchev–Trinajstić information content (AvgIpc) is 3.20. The van der Waals surface area contributed by atoms with Crippen LogP contribution in [-0.2, 0) is 19.1 Å². The molecule has 0 saturated heterocycles. The van der Waals surface area contributed by atoms with E-state index in [1.165, 1.54) is 25.7 Å². The fourth-order valence-corrected chi connectivity index (χ4v) is 3.83. The van der Waals surface area contributed by atoms with Crippen LogP contribution in [0.15, 0.2) is 11.1 Å². The third-order valence-electron chi connectivity index (χ3n) is 5.43. The Morgan fingerprint density at radius 3 is 1.86 bits per heavy atom. The summed E-state index contributed by atoms with van der Waals surface area (Å²) in [5.74, 6) is 0.0795. The van der Waals surface area contributed by atoms with Gasteiger partial charge >= 0.3 is 11.9 Å². The van der Waals surface area contributed by atoms with E-state index < -0.39 is 0 Å². The molecule has 0 aliphatic heterocycles. The Bertz CT molecular complexity index is 513. The highest BCUT2D eigenvalue weighted by molar-refractivity contribution is 6.00. The van der Waals surface area contributed by atoms with Gasteiger partial charge < -0.3 is 9.47 Å². The summed E-state index contributed by atoms with van der Waals surface area (Å²) >= 11 is 0. The zero-order valence-corrected chi connectivity index (χ0v) is 19.6. The van der Waals surface area contributed by atoms with Crippen LogP contribution in [0.25, 0.3) is 0 Å². The van der Waals surface area contributed by atoms with Gasteiger partial charge in [-0.2, -0.15) is 0 Å². The second-order valence-corrected chi connectivity index (χ2v) is 9.38. The van der Waals surface area contributed by atoms with Gasteiger partial charge in [-0.05, 0) is 43.4 Å². The number of hydrogen-bond acceptors (Lipinski definition) is 4. The number of rotatable bonds is 14. The van der Waals surface area contributed by atoms with Gasteiger partial charge in [0, 0.05) is 5.57 Å². The largest absolute Gasteiger partial charge is 0.462 e. The average molecular weight is 409 g/mol. The SMILES string of the molecule is CCCCCCCC/C(C(=O)OCC(C)C)=C(/C(=O)OCC(C)C)C1CCCC1. The highest BCUT2D eigenvalue weighted by Crippen LogP contribution is 2.35. The number of ether oxygens (including phenoxy) is 2. The molecule has 1 aliphatic rings. The first-order valence-electron chi connectivity index (χ1n) is 11.9. The van der Waals surface area contributed by atoms with Crippen LogP contribution in [-0.4, -0.2) is 25.2 Å². The predicted molar refractivity (Wildman–Crippen MR) is 119 cm³/mol. The van der Waals surface area contributed by atoms with Crippen LogP contribution in [0.5, 0.6) is 0 Å². The summed E-state index contributed by atoms with van der Waals surface area (Å²) in [5.41, 5.74) is 1.20. The van der Waals surface area contributed by atoms with Crippen molar-refractivity contribution in [2.24, 2.45) is 17.8 Å². The van der Waals surface area contributed by atoms with Crippen molar-refractivity contribution in [1.29, 1.82) is 0 Å². The van der Waals surface area contributed by atoms with Crippen molar-refractivity contribution in [3.05, 3.63) is 11.1 Å². The molecule has 0 aromatic heterocycles. The van der Waals surface area contributed by atoms with Gasteiger partial charge in [-0.3, -0.25) is 0 Å². The number of esters is 2. The first kappa shape index (κ1) is 25.7. The first-order valence-corrected chi connectivity index (χ1v) is 11.9. The molecule has 0 bridgehead atoms. The van der Waals surface area contributed by atoms with E-state index in [1.54, 1.807) is 0 Å². The lowest BCUT2D eigenvalue weighted by Crippen LogP contribution is -2.23. The molecule has 1 fully saturated rings. The van der Waals surface area contributed by atoms with Gasteiger partial charge in [0.05, 0.1) is 18.8 Å². The maximum atomic E-state index is 13.0. The molecule has 0 aromatic rings. The number of unbranched alkanes of at least 4 members (excludes halogenated alkanes) is 5. The summed E-state index contributed by atoms with van der Waals surface area (Å²) in [5, 5.41) is 0. The Morgan fingerprint density at radius 2 is 1.31 bits per heavy atom. The van der Waals surface area contributed by atoms with E-state index in [0.29, 0.717) is 30.8 Å². The molecule has 4 heteroatoms. The highest BCUT2D eigenvalue weighted by atomic mass is 16.5. The molecule has 29 heavy (non-hydrogen) atoms. The Hall–Kier alpha value is -1.32. The van der Waals surface area contributed by atoms with Gasteiger partial charge in [-0.1, -0.05) is 79.6 Å². The van der Waals surface area contributed by atoms with Crippen molar-refractivity contribution < 1.29 is 19.1 Å². The molecule has 0 amide bonds. The van der Waals surface area contributed by atoms with Crippen molar-refractivity contribution in [1.82, 2.24) is 0 Å². The molecule has 0 spiro atoms. The Balaban J connectivity index is 3.00. The molecule has 0 heterocycles. The van der Waals surface area contributed by atoms with E-state index in [2.05, 4.69) is 6.92 Å². The molecule has 4 nitrogen and oxygen atoms in total. The first-order chi connectivity index (χ1) is 13.9. The topological polar surface area (TPSA) is 52.6 Å². The number of hydrogen-bond donors (Lipinski definition) is 0. The van der Waals surface area contributed by atoms with E-state index in [4.69, 9.17) is 9.47 Å². The quantitative estimate of drug-likeness (QED) is 0.184. The molecule has 0 radical (unpaired) electrons. The summed E-state index contributed by atoms with van der Waals surface area (Å²) in [6.45, 7) is 11.1. The van der Waals surface area contributed by atoms with Gasteiger partial charge in [-0.25, -0.2) is 9.59 Å². The van der Waals surface area contributed by atoms with Gasteiger partial charge in [0.25, 0.3) is 0 Å². The third kappa shape index (κ3) is 10.3. The minimum atomic E-state index is -0.310. The van der Waals surface area contributed by atoms with E-state index in [9.17, 15) is 9.59 Å². The van der Waals surface area contributed by atoms with Gasteiger partial charge in [0.15, 0.2) is 0 Å². The maximum absolute atomic E-state index is 13.0. The Kier molecular flexibility index (Phi) is 13.0. The smallest absolute Gasteiger partial charge is 0.334 e. The second kappa shape index (κ2) is 14.6. The van der Waals surface area contributed by atoms with Gasteiger partial charge in [0.1, 0.15) is 0 Å². The molecule has 0 aromatic carbocycles. The fourth-order valence-electron chi connectivity index (χ4n) is 3.83. The van der Waals surface area contributed by atoms with Gasteiger partial charge in [-0.15, -0.1) is 0 Å². The molecule has 168 valence electrons. The molecule has 0 N–H and O–H groups in total. The Labute approximate surface area is 178 Å². The van der Waals surface area contributed by atoms with Crippen LogP contribution in [0.2, 0.25) is 0 Å². The zero-order chi connectivity index (χ0) is 21.6. The predicted octanol–water partition coefficient (Wildman–Crippen LogP) is 6.62. The normalized spacial score (nSPS) is 15.7. The fraction of sp³-hybridized carbons (Fsp3) is 0.840. The van der Waals surface area contributed by atoms with Crippen molar-refractivity contribution in [3.63, 3.8) is 0 Å². The van der Waals surface area contributed by atoms with Crippen molar-refractivity contribution >= 4 is 11.9 Å². The van der Waals surface area contributed by atoms with Crippen LogP contribution in [0, 0.1) is 17.8 Å². The summed E-state index contributed by atoms with van der Waals surface area (Å²) in [7, 11) is 0. The maximum Gasteiger partial charge on any atom is 0.334 e. The molecule has 1 rings (SSSR count). The second-order valence-electron chi connectivity index (χ2n) is 9.38. The lowest BCUT2D eigenvalue weighted by Gasteiger charge is -2.20. The standard InChI is InChI=1S/C25H44O4/c1-6-7-8-9-10-11-16-22(24(26)28-17-19(2)3)23(21-14-12-13-15-21)25(27)29-18-20(4)5/h19-21H,6-18H2,1-5H3/b23-22-. The van der Waals surface area contributed by atoms with Gasteiger partial charge in [0.2, 0.25) is 0 Å². The summed E-state index contributed by atoms with van der Waals surface area (Å²) < 4.78 is 11.2. The monoisotopic (exact) mass is 408 g/mol. The minimum absolute atomic E-state index is 0.136. The van der Waals surface area contributed by atoms with Crippen LogP contribution < -0.4 is 0 Å². The van der Waals surface area contributed by atoms with Crippen LogP contribution in [0.4, 0.5) is 0 Å². The molecular formula is C25H44O4. The molecule has 0 unspecified atom stereocenters. The van der Waals surface area contributed by atoms with Crippen LogP contribution in [0.1, 0.15) is 105 Å². The molecule has 1 saturated carbocycles. The lowest BCUT2D eigenvalue weighted by molar-refractivity contribution is -0.144. The lowest BCUT2D eigenvalue weighted by atomic mass is 9.90. The molecule has 1 aliphatic carbocycles. The Morgan fingerprint density at radius 1 is 0.793 bits per heavy atom. The van der Waals surface area contributed by atoms with Crippen molar-refractivity contribution in [2.45, 2.75) is 105 Å². The summed E-state index contributed by atoms with van der Waals surface area (Å²) in [4.78, 5) is 26.0. The summed E-state index contributed by atoms with van der Waals surface area (Å²) in [6, 6.07) is 0. The van der Waals surface area contributed by atoms with Crippen molar-refractivity contribution in [3.8, 4) is 0 Å². The summed E-state index contributed by atoms with van der Waals surface area (Å²) in [6.07, 6.45) is 11.7. The third-order valence-corrected chi connectivity index (χ3v) is 5.43. The van der Waals surface area contributed by atoms with E-state index >= 15 is 0 Å². The van der Waals surface area contributed by atoms with Crippen LogP contribution in [0.3, 0.4) is 0 Å². The van der Waals surface area contributed by atoms with Crippen molar-refractivity contribution in [2.75, 3.05) is 13.2 Å². The van der Waals surface area contributed by atoms with E-state index in [1.807, 2.05) is 27.7 Å². The minimum Gasteiger partial charge on any atom is -0.462 e. The number of carbonyl (C=O) groups is 2. The van der Waals surface area contributed by atoms with E-state index in [0.717, 1.165) is 38.5 Å². The highest BCUT2D eigenvalue weighted by Gasteiger charge is 2.31.